The highest BCUT2D eigenvalue weighted by molar-refractivity contribution is 9.09. The van der Waals surface area contributed by atoms with Gasteiger partial charge in [0.05, 0.1) is 6.42 Å². The largest absolute Gasteiger partial charge is 0.508 e. The van der Waals surface area contributed by atoms with Gasteiger partial charge in [0.15, 0.2) is 0 Å². The number of alkyl halides is 1. The first-order valence-electron chi connectivity index (χ1n) is 7.34. The van der Waals surface area contributed by atoms with Crippen molar-refractivity contribution in [3.63, 3.8) is 0 Å². The van der Waals surface area contributed by atoms with Crippen molar-refractivity contribution in [1.82, 2.24) is 4.90 Å². The molecular weight excluding hydrogens is 318 g/mol. The zero-order chi connectivity index (χ0) is 14.4. The summed E-state index contributed by atoms with van der Waals surface area (Å²) in [6, 6.07) is 7.47. The Morgan fingerprint density at radius 2 is 1.95 bits per heavy atom. The predicted octanol–water partition coefficient (Wildman–Crippen LogP) is 3.49. The molecule has 0 unspecified atom stereocenters. The predicted molar refractivity (Wildman–Crippen MR) is 84.2 cm³/mol. The maximum Gasteiger partial charge on any atom is 0.227 e. The standard InChI is InChI=1S/C16H22BrNO2/c17-10-11-18(14-7-2-1-3-8-14)16(20)12-13-6-4-5-9-15(13)19/h4-6,9,14,19H,1-3,7-8,10-12H2. The fourth-order valence-corrected chi connectivity index (χ4v) is 3.30. The summed E-state index contributed by atoms with van der Waals surface area (Å²) in [5.41, 5.74) is 0.716. The second-order valence-corrected chi connectivity index (χ2v) is 6.17. The first-order valence-corrected chi connectivity index (χ1v) is 8.47. The van der Waals surface area contributed by atoms with Crippen LogP contribution in [0.4, 0.5) is 0 Å². The van der Waals surface area contributed by atoms with E-state index in [0.29, 0.717) is 11.6 Å². The van der Waals surface area contributed by atoms with Gasteiger partial charge >= 0.3 is 0 Å². The average molecular weight is 340 g/mol. The summed E-state index contributed by atoms with van der Waals surface area (Å²) in [4.78, 5) is 14.5. The van der Waals surface area contributed by atoms with Gasteiger partial charge in [-0.25, -0.2) is 0 Å². The van der Waals surface area contributed by atoms with Gasteiger partial charge in [-0.2, -0.15) is 0 Å². The number of rotatable bonds is 5. The maximum atomic E-state index is 12.5. The monoisotopic (exact) mass is 339 g/mol. The first-order chi connectivity index (χ1) is 9.72. The summed E-state index contributed by atoms with van der Waals surface area (Å²) in [7, 11) is 0. The van der Waals surface area contributed by atoms with Crippen LogP contribution in [0.25, 0.3) is 0 Å². The number of halogens is 1. The summed E-state index contributed by atoms with van der Waals surface area (Å²) in [5, 5.41) is 10.6. The normalized spacial score (nSPS) is 16.1. The van der Waals surface area contributed by atoms with E-state index < -0.39 is 0 Å². The van der Waals surface area contributed by atoms with Crippen molar-refractivity contribution in [2.75, 3.05) is 11.9 Å². The number of para-hydroxylation sites is 1. The van der Waals surface area contributed by atoms with Gasteiger partial charge < -0.3 is 10.0 Å². The Morgan fingerprint density at radius 1 is 1.25 bits per heavy atom. The van der Waals surface area contributed by atoms with Gasteiger partial charge in [-0.3, -0.25) is 4.79 Å². The molecule has 0 spiro atoms. The van der Waals surface area contributed by atoms with E-state index in [1.807, 2.05) is 17.0 Å². The molecule has 2 rings (SSSR count). The molecule has 1 aliphatic carbocycles. The Bertz CT molecular complexity index is 444. The molecule has 110 valence electrons. The lowest BCUT2D eigenvalue weighted by atomic mass is 9.93. The quantitative estimate of drug-likeness (QED) is 0.834. The number of benzene rings is 1. The van der Waals surface area contributed by atoms with Crippen LogP contribution in [-0.2, 0) is 11.2 Å². The van der Waals surface area contributed by atoms with Gasteiger partial charge in [0.1, 0.15) is 5.75 Å². The minimum Gasteiger partial charge on any atom is -0.508 e. The first kappa shape index (κ1) is 15.4. The second kappa shape index (κ2) is 7.67. The number of carbonyl (C=O) groups is 1. The third kappa shape index (κ3) is 3.98. The molecule has 0 aliphatic heterocycles. The topological polar surface area (TPSA) is 40.5 Å². The number of aromatic hydroxyl groups is 1. The summed E-state index contributed by atoms with van der Waals surface area (Å²) in [6.45, 7) is 0.747. The van der Waals surface area contributed by atoms with Gasteiger partial charge in [-0.05, 0) is 18.9 Å². The zero-order valence-corrected chi connectivity index (χ0v) is 13.3. The van der Waals surface area contributed by atoms with Gasteiger partial charge in [0, 0.05) is 23.5 Å². The van der Waals surface area contributed by atoms with Crippen molar-refractivity contribution >= 4 is 21.8 Å². The Labute approximate surface area is 129 Å². The lowest BCUT2D eigenvalue weighted by Crippen LogP contribution is -2.43. The number of hydrogen-bond donors (Lipinski definition) is 1. The Kier molecular flexibility index (Phi) is 5.89. The number of phenolic OH excluding ortho intramolecular Hbond substituents is 1. The molecule has 0 aromatic heterocycles. The number of carbonyl (C=O) groups excluding carboxylic acids is 1. The third-order valence-electron chi connectivity index (χ3n) is 3.99. The molecule has 0 bridgehead atoms. The van der Waals surface area contributed by atoms with Crippen LogP contribution >= 0.6 is 15.9 Å². The van der Waals surface area contributed by atoms with Gasteiger partial charge in [-0.1, -0.05) is 53.4 Å². The lowest BCUT2D eigenvalue weighted by molar-refractivity contribution is -0.133. The van der Waals surface area contributed by atoms with Crippen molar-refractivity contribution < 1.29 is 9.90 Å². The fraction of sp³-hybridized carbons (Fsp3) is 0.562. The number of nitrogens with zero attached hydrogens (tertiary/aromatic N) is 1. The molecule has 0 saturated heterocycles. The van der Waals surface area contributed by atoms with Gasteiger partial charge in [0.25, 0.3) is 0 Å². The van der Waals surface area contributed by atoms with Crippen molar-refractivity contribution in [3.8, 4) is 5.75 Å². The number of hydrogen-bond acceptors (Lipinski definition) is 2. The smallest absolute Gasteiger partial charge is 0.227 e. The van der Waals surface area contributed by atoms with Crippen molar-refractivity contribution in [1.29, 1.82) is 0 Å². The molecule has 3 nitrogen and oxygen atoms in total. The molecule has 1 aliphatic rings. The molecule has 1 saturated carbocycles. The summed E-state index contributed by atoms with van der Waals surface area (Å²) in [6.07, 6.45) is 6.22. The van der Waals surface area contributed by atoms with Crippen LogP contribution < -0.4 is 0 Å². The minimum absolute atomic E-state index is 0.123. The Balaban J connectivity index is 2.04. The average Bonchev–Trinajstić information content (AvgIpc) is 2.48. The van der Waals surface area contributed by atoms with Gasteiger partial charge in [-0.15, -0.1) is 0 Å². The Hall–Kier alpha value is -1.03. The molecule has 0 heterocycles. The molecule has 1 fully saturated rings. The van der Waals surface area contributed by atoms with E-state index in [4.69, 9.17) is 0 Å². The van der Waals surface area contributed by atoms with E-state index in [9.17, 15) is 9.90 Å². The van der Waals surface area contributed by atoms with Crippen LogP contribution in [0.2, 0.25) is 0 Å². The van der Waals surface area contributed by atoms with Crippen molar-refractivity contribution in [2.24, 2.45) is 0 Å². The maximum absolute atomic E-state index is 12.5. The van der Waals surface area contributed by atoms with Crippen LogP contribution in [0.5, 0.6) is 5.75 Å². The lowest BCUT2D eigenvalue weighted by Gasteiger charge is -2.34. The van der Waals surface area contributed by atoms with E-state index in [2.05, 4.69) is 15.9 Å². The minimum atomic E-state index is 0.123. The van der Waals surface area contributed by atoms with Crippen molar-refractivity contribution in [3.05, 3.63) is 29.8 Å². The van der Waals surface area contributed by atoms with E-state index in [1.165, 1.54) is 19.3 Å². The van der Waals surface area contributed by atoms with E-state index >= 15 is 0 Å². The van der Waals surface area contributed by atoms with Crippen LogP contribution in [-0.4, -0.2) is 33.8 Å². The molecule has 1 aromatic carbocycles. The third-order valence-corrected chi connectivity index (χ3v) is 4.35. The molecule has 0 atom stereocenters. The van der Waals surface area contributed by atoms with E-state index in [-0.39, 0.29) is 18.1 Å². The molecule has 1 N–H and O–H groups in total. The fourth-order valence-electron chi connectivity index (χ4n) is 2.92. The summed E-state index contributed by atoms with van der Waals surface area (Å²) >= 11 is 3.44. The molecule has 1 aromatic rings. The summed E-state index contributed by atoms with van der Waals surface area (Å²) < 4.78 is 0. The summed E-state index contributed by atoms with van der Waals surface area (Å²) in [5.74, 6) is 0.334. The number of phenols is 1. The highest BCUT2D eigenvalue weighted by atomic mass is 79.9. The van der Waals surface area contributed by atoms with Gasteiger partial charge in [0.2, 0.25) is 5.91 Å². The van der Waals surface area contributed by atoms with Crippen LogP contribution in [0.1, 0.15) is 37.7 Å². The van der Waals surface area contributed by atoms with Crippen molar-refractivity contribution in [2.45, 2.75) is 44.6 Å². The highest BCUT2D eigenvalue weighted by Gasteiger charge is 2.25. The highest BCUT2D eigenvalue weighted by Crippen LogP contribution is 2.24. The zero-order valence-electron chi connectivity index (χ0n) is 11.7. The molecule has 0 radical (unpaired) electrons. The van der Waals surface area contributed by atoms with Crippen LogP contribution in [0, 0.1) is 0 Å². The van der Waals surface area contributed by atoms with Crippen LogP contribution in [0.3, 0.4) is 0 Å². The van der Waals surface area contributed by atoms with E-state index in [1.54, 1.807) is 12.1 Å². The molecular formula is C16H22BrNO2. The SMILES string of the molecule is O=C(Cc1ccccc1O)N(CCBr)C1CCCCC1. The van der Waals surface area contributed by atoms with Crippen LogP contribution in [0.15, 0.2) is 24.3 Å². The molecule has 1 amide bonds. The second-order valence-electron chi connectivity index (χ2n) is 5.37. The Morgan fingerprint density at radius 3 is 2.60 bits per heavy atom. The number of amides is 1. The molecule has 4 heteroatoms. The van der Waals surface area contributed by atoms with E-state index in [0.717, 1.165) is 24.7 Å². The molecule has 20 heavy (non-hydrogen) atoms.